The van der Waals surface area contributed by atoms with Crippen molar-refractivity contribution in [2.45, 2.75) is 31.7 Å². The van der Waals surface area contributed by atoms with Crippen LogP contribution in [0, 0.1) is 11.3 Å². The second kappa shape index (κ2) is 6.80. The molecule has 106 valence electrons. The van der Waals surface area contributed by atoms with Crippen molar-refractivity contribution in [2.75, 3.05) is 19.0 Å². The quantitative estimate of drug-likeness (QED) is 0.861. The third-order valence-electron chi connectivity index (χ3n) is 3.51. The minimum absolute atomic E-state index is 0.0494. The van der Waals surface area contributed by atoms with Crippen LogP contribution in [0.4, 0.5) is 5.69 Å². The molecule has 1 fully saturated rings. The van der Waals surface area contributed by atoms with Gasteiger partial charge in [0.15, 0.2) is 0 Å². The van der Waals surface area contributed by atoms with Crippen LogP contribution in [-0.2, 0) is 4.79 Å². The molecule has 1 amide bonds. The number of hydrogen-bond acceptors (Lipinski definition) is 4. The summed E-state index contributed by atoms with van der Waals surface area (Å²) in [5.41, 5.74) is 1.04. The number of methoxy groups -OCH3 is 1. The van der Waals surface area contributed by atoms with E-state index >= 15 is 0 Å². The minimum atomic E-state index is -0.0494. The first-order chi connectivity index (χ1) is 9.74. The second-order valence-electron chi connectivity index (χ2n) is 4.90. The molecule has 0 atom stereocenters. The van der Waals surface area contributed by atoms with E-state index in [-0.39, 0.29) is 12.5 Å². The van der Waals surface area contributed by atoms with Gasteiger partial charge in [0.25, 0.3) is 0 Å². The number of nitriles is 1. The number of anilines is 1. The first-order valence-corrected chi connectivity index (χ1v) is 6.85. The van der Waals surface area contributed by atoms with Crippen LogP contribution in [0.3, 0.4) is 0 Å². The zero-order chi connectivity index (χ0) is 14.4. The molecule has 0 bridgehead atoms. The number of para-hydroxylation sites is 1. The van der Waals surface area contributed by atoms with Gasteiger partial charge in [-0.05, 0) is 25.0 Å². The average molecular weight is 273 g/mol. The number of carbonyl (C=O) groups excluding carboxylic acids is 1. The highest BCUT2D eigenvalue weighted by molar-refractivity contribution is 5.82. The van der Waals surface area contributed by atoms with Crippen molar-refractivity contribution in [3.63, 3.8) is 0 Å². The summed E-state index contributed by atoms with van der Waals surface area (Å²) >= 11 is 0. The first-order valence-electron chi connectivity index (χ1n) is 6.85. The summed E-state index contributed by atoms with van der Waals surface area (Å²) in [6.07, 6.45) is 4.49. The molecule has 5 heteroatoms. The zero-order valence-corrected chi connectivity index (χ0v) is 11.6. The molecule has 0 unspecified atom stereocenters. The van der Waals surface area contributed by atoms with Crippen LogP contribution in [0.25, 0.3) is 0 Å². The Bertz CT molecular complexity index is 516. The van der Waals surface area contributed by atoms with Crippen LogP contribution in [0.1, 0.15) is 31.2 Å². The lowest BCUT2D eigenvalue weighted by Crippen LogP contribution is -2.36. The van der Waals surface area contributed by atoms with E-state index < -0.39 is 0 Å². The van der Waals surface area contributed by atoms with Gasteiger partial charge in [0.1, 0.15) is 11.8 Å². The molecule has 2 N–H and O–H groups in total. The summed E-state index contributed by atoms with van der Waals surface area (Å²) in [6, 6.07) is 7.60. The van der Waals surface area contributed by atoms with Gasteiger partial charge in [0.05, 0.1) is 24.9 Å². The Morgan fingerprint density at radius 2 is 2.20 bits per heavy atom. The van der Waals surface area contributed by atoms with Gasteiger partial charge in [-0.25, -0.2) is 0 Å². The zero-order valence-electron chi connectivity index (χ0n) is 11.6. The lowest BCUT2D eigenvalue weighted by Gasteiger charge is -2.15. The van der Waals surface area contributed by atoms with Gasteiger partial charge in [-0.1, -0.05) is 18.9 Å². The van der Waals surface area contributed by atoms with E-state index in [1.165, 1.54) is 12.8 Å². The molecule has 5 nitrogen and oxygen atoms in total. The van der Waals surface area contributed by atoms with Crippen LogP contribution in [0.5, 0.6) is 5.75 Å². The van der Waals surface area contributed by atoms with Gasteiger partial charge >= 0.3 is 0 Å². The third kappa shape index (κ3) is 3.41. The number of nitrogens with zero attached hydrogens (tertiary/aromatic N) is 1. The molecule has 1 aliphatic rings. The van der Waals surface area contributed by atoms with Crippen molar-refractivity contribution >= 4 is 11.6 Å². The fraction of sp³-hybridized carbons (Fsp3) is 0.467. The van der Waals surface area contributed by atoms with Crippen molar-refractivity contribution in [1.82, 2.24) is 5.32 Å². The van der Waals surface area contributed by atoms with Crippen LogP contribution in [0.2, 0.25) is 0 Å². The third-order valence-corrected chi connectivity index (χ3v) is 3.51. The summed E-state index contributed by atoms with van der Waals surface area (Å²) in [5, 5.41) is 15.1. The van der Waals surface area contributed by atoms with E-state index in [4.69, 9.17) is 10.00 Å². The van der Waals surface area contributed by atoms with Crippen molar-refractivity contribution in [1.29, 1.82) is 5.26 Å². The van der Waals surface area contributed by atoms with Crippen LogP contribution >= 0.6 is 0 Å². The standard InChI is InChI=1S/C15H19N3O2/c1-20-13-8-4-5-11(9-16)15(13)17-10-14(19)18-12-6-2-3-7-12/h4-5,8,12,17H,2-3,6-7,10H2,1H3,(H,18,19). The van der Waals surface area contributed by atoms with Gasteiger partial charge in [-0.2, -0.15) is 5.26 Å². The highest BCUT2D eigenvalue weighted by atomic mass is 16.5. The molecule has 0 radical (unpaired) electrons. The number of nitrogens with one attached hydrogen (secondary N) is 2. The maximum Gasteiger partial charge on any atom is 0.239 e. The molecular weight excluding hydrogens is 254 g/mol. The van der Waals surface area contributed by atoms with Crippen molar-refractivity contribution < 1.29 is 9.53 Å². The molecule has 2 rings (SSSR count). The molecule has 0 heterocycles. The van der Waals surface area contributed by atoms with E-state index in [0.717, 1.165) is 12.8 Å². The number of carbonyl (C=O) groups is 1. The maximum absolute atomic E-state index is 11.9. The minimum Gasteiger partial charge on any atom is -0.495 e. The predicted molar refractivity (Wildman–Crippen MR) is 76.6 cm³/mol. The molecule has 0 aliphatic heterocycles. The topological polar surface area (TPSA) is 74.1 Å². The number of ether oxygens (including phenoxy) is 1. The van der Waals surface area contributed by atoms with Gasteiger partial charge in [0, 0.05) is 6.04 Å². The summed E-state index contributed by atoms with van der Waals surface area (Å²) in [4.78, 5) is 11.9. The normalized spacial score (nSPS) is 14.6. The Balaban J connectivity index is 1.96. The van der Waals surface area contributed by atoms with Crippen molar-refractivity contribution in [2.24, 2.45) is 0 Å². The van der Waals surface area contributed by atoms with Gasteiger partial charge in [0.2, 0.25) is 5.91 Å². The summed E-state index contributed by atoms with van der Waals surface area (Å²) in [7, 11) is 1.54. The molecular formula is C15H19N3O2. The lowest BCUT2D eigenvalue weighted by molar-refractivity contribution is -0.120. The number of benzene rings is 1. The number of hydrogen-bond donors (Lipinski definition) is 2. The van der Waals surface area contributed by atoms with Crippen LogP contribution in [-0.4, -0.2) is 25.6 Å². The van der Waals surface area contributed by atoms with Crippen molar-refractivity contribution in [3.8, 4) is 11.8 Å². The summed E-state index contributed by atoms with van der Waals surface area (Å²) < 4.78 is 5.21. The fourth-order valence-electron chi connectivity index (χ4n) is 2.49. The molecule has 1 aromatic carbocycles. The molecule has 0 spiro atoms. The van der Waals surface area contributed by atoms with E-state index in [2.05, 4.69) is 16.7 Å². The largest absolute Gasteiger partial charge is 0.495 e. The Morgan fingerprint density at radius 3 is 2.85 bits per heavy atom. The molecule has 20 heavy (non-hydrogen) atoms. The molecule has 0 aromatic heterocycles. The summed E-state index contributed by atoms with van der Waals surface area (Å²) in [5.74, 6) is 0.518. The number of amides is 1. The molecule has 1 aliphatic carbocycles. The molecule has 0 saturated heterocycles. The van der Waals surface area contributed by atoms with E-state index in [9.17, 15) is 4.79 Å². The van der Waals surface area contributed by atoms with E-state index in [1.54, 1.807) is 25.3 Å². The number of rotatable bonds is 5. The van der Waals surface area contributed by atoms with E-state index in [0.29, 0.717) is 23.0 Å². The Morgan fingerprint density at radius 1 is 1.45 bits per heavy atom. The Hall–Kier alpha value is -2.22. The average Bonchev–Trinajstić information content (AvgIpc) is 2.97. The van der Waals surface area contributed by atoms with Crippen LogP contribution < -0.4 is 15.4 Å². The van der Waals surface area contributed by atoms with Gasteiger partial charge < -0.3 is 15.4 Å². The van der Waals surface area contributed by atoms with Crippen molar-refractivity contribution in [3.05, 3.63) is 23.8 Å². The smallest absolute Gasteiger partial charge is 0.239 e. The predicted octanol–water partition coefficient (Wildman–Crippen LogP) is 2.04. The Labute approximate surface area is 118 Å². The summed E-state index contributed by atoms with van der Waals surface area (Å²) in [6.45, 7) is 0.144. The van der Waals surface area contributed by atoms with Gasteiger partial charge in [-0.3, -0.25) is 4.79 Å². The SMILES string of the molecule is COc1cccc(C#N)c1NCC(=O)NC1CCCC1. The maximum atomic E-state index is 11.9. The lowest BCUT2D eigenvalue weighted by atomic mass is 10.1. The van der Waals surface area contributed by atoms with Gasteiger partial charge in [-0.15, -0.1) is 0 Å². The second-order valence-corrected chi connectivity index (χ2v) is 4.90. The fourth-order valence-corrected chi connectivity index (χ4v) is 2.49. The monoisotopic (exact) mass is 273 g/mol. The molecule has 1 aromatic rings. The molecule has 1 saturated carbocycles. The first kappa shape index (κ1) is 14.2. The Kier molecular flexibility index (Phi) is 4.83. The highest BCUT2D eigenvalue weighted by Gasteiger charge is 2.17. The van der Waals surface area contributed by atoms with E-state index in [1.807, 2.05) is 0 Å². The van der Waals surface area contributed by atoms with Crippen LogP contribution in [0.15, 0.2) is 18.2 Å². The highest BCUT2D eigenvalue weighted by Crippen LogP contribution is 2.27.